The van der Waals surface area contributed by atoms with Gasteiger partial charge in [-0.05, 0) is 13.8 Å². The number of nitrogens with zero attached hydrogens (tertiary/aromatic N) is 1. The van der Waals surface area contributed by atoms with Gasteiger partial charge in [0.15, 0.2) is 0 Å². The van der Waals surface area contributed by atoms with E-state index in [0.717, 1.165) is 0 Å². The highest BCUT2D eigenvalue weighted by Crippen LogP contribution is 2.21. The molecule has 0 bridgehead atoms. The van der Waals surface area contributed by atoms with E-state index in [-0.39, 0.29) is 24.3 Å². The Hall–Kier alpha value is -1.59. The molecule has 1 aromatic heterocycles. The third kappa shape index (κ3) is 3.44. The van der Waals surface area contributed by atoms with Gasteiger partial charge in [-0.25, -0.2) is 13.2 Å². The van der Waals surface area contributed by atoms with Crippen LogP contribution in [0.4, 0.5) is 13.2 Å². The fourth-order valence-corrected chi connectivity index (χ4v) is 1.36. The number of carbonyl (C=O) groups is 1. The Morgan fingerprint density at radius 1 is 1.53 bits per heavy atom. The SMILES string of the molecule is CCOC(=O)Cc1c(F)cc(C(F)F)nc1C. The van der Waals surface area contributed by atoms with E-state index in [1.165, 1.54) is 6.92 Å². The second-order valence-corrected chi connectivity index (χ2v) is 3.38. The van der Waals surface area contributed by atoms with Crippen molar-refractivity contribution >= 4 is 5.97 Å². The summed E-state index contributed by atoms with van der Waals surface area (Å²) in [5.41, 5.74) is -0.561. The van der Waals surface area contributed by atoms with Crippen LogP contribution in [0, 0.1) is 12.7 Å². The Balaban J connectivity index is 2.97. The van der Waals surface area contributed by atoms with Gasteiger partial charge in [-0.3, -0.25) is 9.78 Å². The topological polar surface area (TPSA) is 39.2 Å². The van der Waals surface area contributed by atoms with E-state index < -0.39 is 23.9 Å². The van der Waals surface area contributed by atoms with Crippen molar-refractivity contribution in [3.05, 3.63) is 28.8 Å². The van der Waals surface area contributed by atoms with Crippen molar-refractivity contribution in [3.8, 4) is 0 Å². The van der Waals surface area contributed by atoms with E-state index in [4.69, 9.17) is 0 Å². The van der Waals surface area contributed by atoms with Crippen LogP contribution in [-0.4, -0.2) is 17.6 Å². The summed E-state index contributed by atoms with van der Waals surface area (Å²) in [6.45, 7) is 3.19. The third-order valence-electron chi connectivity index (χ3n) is 2.15. The number of rotatable bonds is 4. The minimum absolute atomic E-state index is 0.00662. The van der Waals surface area contributed by atoms with E-state index in [1.807, 2.05) is 0 Å². The van der Waals surface area contributed by atoms with Crippen LogP contribution in [0.3, 0.4) is 0 Å². The molecule has 0 aliphatic rings. The lowest BCUT2D eigenvalue weighted by molar-refractivity contribution is -0.142. The second-order valence-electron chi connectivity index (χ2n) is 3.38. The summed E-state index contributed by atoms with van der Waals surface area (Å²) < 4.78 is 42.8. The zero-order chi connectivity index (χ0) is 13.0. The van der Waals surface area contributed by atoms with Crippen LogP contribution in [0.2, 0.25) is 0 Å². The molecule has 94 valence electrons. The first-order chi connectivity index (χ1) is 7.95. The second kappa shape index (κ2) is 5.65. The summed E-state index contributed by atoms with van der Waals surface area (Å²) in [5, 5.41) is 0. The first-order valence-electron chi connectivity index (χ1n) is 5.05. The van der Waals surface area contributed by atoms with Gasteiger partial charge in [-0.1, -0.05) is 0 Å². The summed E-state index contributed by atoms with van der Waals surface area (Å²) in [6.07, 6.45) is -3.14. The molecule has 6 heteroatoms. The minimum atomic E-state index is -2.83. The van der Waals surface area contributed by atoms with Crippen LogP contribution in [-0.2, 0) is 16.0 Å². The summed E-state index contributed by atoms with van der Waals surface area (Å²) in [5.74, 6) is -1.47. The molecule has 0 radical (unpaired) electrons. The predicted molar refractivity (Wildman–Crippen MR) is 54.2 cm³/mol. The van der Waals surface area contributed by atoms with Gasteiger partial charge in [-0.2, -0.15) is 0 Å². The smallest absolute Gasteiger partial charge is 0.310 e. The highest BCUT2D eigenvalue weighted by molar-refractivity contribution is 5.72. The molecule has 0 aliphatic heterocycles. The van der Waals surface area contributed by atoms with Crippen LogP contribution in [0.15, 0.2) is 6.07 Å². The number of hydrogen-bond acceptors (Lipinski definition) is 3. The van der Waals surface area contributed by atoms with E-state index in [1.54, 1.807) is 6.92 Å². The minimum Gasteiger partial charge on any atom is -0.466 e. The van der Waals surface area contributed by atoms with Crippen molar-refractivity contribution in [3.63, 3.8) is 0 Å². The summed E-state index contributed by atoms with van der Waals surface area (Å²) >= 11 is 0. The standard InChI is InChI=1S/C11H12F3NO2/c1-3-17-10(16)4-7-6(2)15-9(11(13)14)5-8(7)12/h5,11H,3-4H2,1-2H3. The zero-order valence-electron chi connectivity index (χ0n) is 9.47. The number of halogens is 3. The number of esters is 1. The number of ether oxygens (including phenoxy) is 1. The van der Waals surface area contributed by atoms with E-state index >= 15 is 0 Å². The lowest BCUT2D eigenvalue weighted by Gasteiger charge is -2.08. The average molecular weight is 247 g/mol. The van der Waals surface area contributed by atoms with Gasteiger partial charge in [0.2, 0.25) is 0 Å². The van der Waals surface area contributed by atoms with Gasteiger partial charge < -0.3 is 4.74 Å². The highest BCUT2D eigenvalue weighted by Gasteiger charge is 2.17. The number of aryl methyl sites for hydroxylation is 1. The zero-order valence-corrected chi connectivity index (χ0v) is 9.47. The molecule has 0 saturated carbocycles. The highest BCUT2D eigenvalue weighted by atomic mass is 19.3. The van der Waals surface area contributed by atoms with Crippen molar-refractivity contribution in [2.24, 2.45) is 0 Å². The largest absolute Gasteiger partial charge is 0.466 e. The maximum absolute atomic E-state index is 13.5. The maximum atomic E-state index is 13.5. The van der Waals surface area contributed by atoms with Gasteiger partial charge in [0.1, 0.15) is 11.5 Å². The molecule has 17 heavy (non-hydrogen) atoms. The summed E-state index contributed by atoms with van der Waals surface area (Å²) in [6, 6.07) is 0.645. The van der Waals surface area contributed by atoms with Crippen LogP contribution < -0.4 is 0 Å². The van der Waals surface area contributed by atoms with Crippen LogP contribution in [0.5, 0.6) is 0 Å². The van der Waals surface area contributed by atoms with Gasteiger partial charge >= 0.3 is 5.97 Å². The third-order valence-corrected chi connectivity index (χ3v) is 2.15. The molecule has 1 heterocycles. The average Bonchev–Trinajstić information content (AvgIpc) is 2.23. The van der Waals surface area contributed by atoms with Crippen molar-refractivity contribution in [2.75, 3.05) is 6.61 Å². The molecule has 0 spiro atoms. The van der Waals surface area contributed by atoms with Crippen LogP contribution in [0.1, 0.15) is 30.3 Å². The van der Waals surface area contributed by atoms with E-state index in [9.17, 15) is 18.0 Å². The predicted octanol–water partition coefficient (Wildman–Crippen LogP) is 2.57. The number of alkyl halides is 2. The van der Waals surface area contributed by atoms with Gasteiger partial charge in [0.05, 0.1) is 13.0 Å². The van der Waals surface area contributed by atoms with Gasteiger partial charge in [0, 0.05) is 17.3 Å². The lowest BCUT2D eigenvalue weighted by Crippen LogP contribution is -2.12. The molecular formula is C11H12F3NO2. The van der Waals surface area contributed by atoms with E-state index in [2.05, 4.69) is 9.72 Å². The molecule has 0 aliphatic carbocycles. The lowest BCUT2D eigenvalue weighted by atomic mass is 10.1. The quantitative estimate of drug-likeness (QED) is 0.767. The molecule has 1 aromatic rings. The Kier molecular flexibility index (Phi) is 4.48. The molecular weight excluding hydrogens is 235 g/mol. The maximum Gasteiger partial charge on any atom is 0.310 e. The fraction of sp³-hybridized carbons (Fsp3) is 0.455. The number of aromatic nitrogens is 1. The number of pyridine rings is 1. The Morgan fingerprint density at radius 2 is 2.18 bits per heavy atom. The van der Waals surface area contributed by atoms with E-state index in [0.29, 0.717) is 6.07 Å². The fourth-order valence-electron chi connectivity index (χ4n) is 1.36. The normalized spacial score (nSPS) is 10.7. The molecule has 1 rings (SSSR count). The first-order valence-corrected chi connectivity index (χ1v) is 5.05. The first kappa shape index (κ1) is 13.5. The molecule has 0 atom stereocenters. The summed E-state index contributed by atoms with van der Waals surface area (Å²) in [4.78, 5) is 14.7. The van der Waals surface area contributed by atoms with Gasteiger partial charge in [-0.15, -0.1) is 0 Å². The van der Waals surface area contributed by atoms with Crippen LogP contribution in [0.25, 0.3) is 0 Å². The number of carbonyl (C=O) groups excluding carboxylic acids is 1. The molecule has 3 nitrogen and oxygen atoms in total. The molecule has 0 unspecified atom stereocenters. The van der Waals surface area contributed by atoms with Crippen molar-refractivity contribution in [1.29, 1.82) is 0 Å². The number of hydrogen-bond donors (Lipinski definition) is 0. The Bertz CT molecular complexity index is 398. The van der Waals surface area contributed by atoms with Crippen LogP contribution >= 0.6 is 0 Å². The van der Waals surface area contributed by atoms with Crippen molar-refractivity contribution < 1.29 is 22.7 Å². The van der Waals surface area contributed by atoms with Crippen molar-refractivity contribution in [1.82, 2.24) is 4.98 Å². The summed E-state index contributed by atoms with van der Waals surface area (Å²) in [7, 11) is 0. The van der Waals surface area contributed by atoms with Crippen molar-refractivity contribution in [2.45, 2.75) is 26.7 Å². The monoisotopic (exact) mass is 247 g/mol. The molecule has 0 aromatic carbocycles. The molecule has 0 N–H and O–H groups in total. The molecule has 0 fully saturated rings. The molecule has 0 amide bonds. The Labute approximate surface area is 96.6 Å². The Morgan fingerprint density at radius 3 is 2.65 bits per heavy atom. The molecule has 0 saturated heterocycles. The van der Waals surface area contributed by atoms with Gasteiger partial charge in [0.25, 0.3) is 6.43 Å².